The second kappa shape index (κ2) is 8.30. The van der Waals surface area contributed by atoms with E-state index >= 15 is 0 Å². The zero-order valence-electron chi connectivity index (χ0n) is 15.0. The highest BCUT2D eigenvalue weighted by atomic mass is 35.5. The minimum atomic E-state index is -4.37. The third-order valence-electron chi connectivity index (χ3n) is 4.05. The van der Waals surface area contributed by atoms with Gasteiger partial charge in [0.1, 0.15) is 17.4 Å². The van der Waals surface area contributed by atoms with Gasteiger partial charge in [0.25, 0.3) is 0 Å². The molecule has 3 rings (SSSR count). The molecule has 0 amide bonds. The minimum absolute atomic E-state index is 0.110. The number of thiazole rings is 1. The highest BCUT2D eigenvalue weighted by Crippen LogP contribution is 2.33. The van der Waals surface area contributed by atoms with Gasteiger partial charge in [-0.1, -0.05) is 28.9 Å². The van der Waals surface area contributed by atoms with Gasteiger partial charge in [0.15, 0.2) is 5.84 Å². The Hall–Kier alpha value is -2.78. The predicted molar refractivity (Wildman–Crippen MR) is 106 cm³/mol. The van der Waals surface area contributed by atoms with Crippen molar-refractivity contribution < 1.29 is 23.1 Å². The molecular formula is C19H15ClF3N3O2S. The van der Waals surface area contributed by atoms with E-state index in [4.69, 9.17) is 27.3 Å². The minimum Gasteiger partial charge on any atom is -0.488 e. The van der Waals surface area contributed by atoms with Crippen molar-refractivity contribution >= 4 is 28.8 Å². The zero-order valence-corrected chi connectivity index (χ0v) is 16.6. The molecule has 0 saturated carbocycles. The summed E-state index contributed by atoms with van der Waals surface area (Å²) in [6, 6.07) is 9.61. The number of nitrogens with two attached hydrogens (primary N) is 1. The Morgan fingerprint density at radius 2 is 1.93 bits per heavy atom. The highest BCUT2D eigenvalue weighted by molar-refractivity contribution is 7.15. The Labute approximate surface area is 173 Å². The number of halogens is 4. The Balaban J connectivity index is 1.74. The van der Waals surface area contributed by atoms with Crippen LogP contribution in [0.15, 0.2) is 47.6 Å². The van der Waals surface area contributed by atoms with E-state index < -0.39 is 11.7 Å². The number of aryl methyl sites for hydroxylation is 1. The van der Waals surface area contributed by atoms with Crippen LogP contribution in [0.1, 0.15) is 21.7 Å². The summed E-state index contributed by atoms with van der Waals surface area (Å²) in [5, 5.41) is 12.5. The molecule has 10 heteroatoms. The molecule has 1 heterocycles. The first-order chi connectivity index (χ1) is 13.7. The number of alkyl halides is 3. The van der Waals surface area contributed by atoms with Gasteiger partial charge in [-0.3, -0.25) is 0 Å². The van der Waals surface area contributed by atoms with Crippen LogP contribution in [0.3, 0.4) is 0 Å². The molecule has 0 atom stereocenters. The lowest BCUT2D eigenvalue weighted by atomic mass is 10.1. The van der Waals surface area contributed by atoms with Gasteiger partial charge in [-0.15, -0.1) is 11.3 Å². The van der Waals surface area contributed by atoms with E-state index in [9.17, 15) is 13.2 Å². The van der Waals surface area contributed by atoms with E-state index in [1.165, 1.54) is 23.5 Å². The fourth-order valence-corrected chi connectivity index (χ4v) is 3.73. The fourth-order valence-electron chi connectivity index (χ4n) is 2.48. The molecule has 0 aliphatic carbocycles. The molecule has 0 fully saturated rings. The quantitative estimate of drug-likeness (QED) is 0.238. The maximum atomic E-state index is 12.7. The number of aromatic nitrogens is 1. The molecule has 0 bridgehead atoms. The molecule has 2 aromatic carbocycles. The summed E-state index contributed by atoms with van der Waals surface area (Å²) in [6.07, 6.45) is -4.37. The van der Waals surface area contributed by atoms with Crippen LogP contribution in [0, 0.1) is 6.92 Å². The van der Waals surface area contributed by atoms with Gasteiger partial charge < -0.3 is 15.7 Å². The summed E-state index contributed by atoms with van der Waals surface area (Å²) in [5.74, 6) is 0.370. The summed E-state index contributed by atoms with van der Waals surface area (Å²) in [5.41, 5.74) is 6.53. The van der Waals surface area contributed by atoms with Crippen molar-refractivity contribution in [2.45, 2.75) is 19.7 Å². The number of rotatable bonds is 5. The van der Waals surface area contributed by atoms with Gasteiger partial charge in [0, 0.05) is 11.1 Å². The summed E-state index contributed by atoms with van der Waals surface area (Å²) < 4.78 is 43.8. The molecular weight excluding hydrogens is 427 g/mol. The molecule has 3 N–H and O–H groups in total. The topological polar surface area (TPSA) is 80.7 Å². The standard InChI is InChI=1S/C19H15ClF3N3O2S/c1-10-16(9-28-13-6-7-14(15(20)8-13)17(24)26-27)29-18(25-10)11-2-4-12(5-3-11)19(21,22)23/h2-8,27H,9H2,1H3,(H2,24,26). The summed E-state index contributed by atoms with van der Waals surface area (Å²) >= 11 is 7.44. The molecule has 152 valence electrons. The van der Waals surface area contributed by atoms with Crippen LogP contribution in [0.2, 0.25) is 5.02 Å². The number of hydrogen-bond acceptors (Lipinski definition) is 5. The number of benzene rings is 2. The Morgan fingerprint density at radius 3 is 2.52 bits per heavy atom. The molecule has 0 radical (unpaired) electrons. The van der Waals surface area contributed by atoms with E-state index in [2.05, 4.69) is 10.1 Å². The number of amidine groups is 1. The van der Waals surface area contributed by atoms with Gasteiger partial charge in [0.2, 0.25) is 0 Å². The predicted octanol–water partition coefficient (Wildman–Crippen LogP) is 5.46. The monoisotopic (exact) mass is 441 g/mol. The number of oxime groups is 1. The van der Waals surface area contributed by atoms with Gasteiger partial charge >= 0.3 is 6.18 Å². The first kappa shape index (κ1) is 20.9. The molecule has 29 heavy (non-hydrogen) atoms. The van der Waals surface area contributed by atoms with Crippen LogP contribution < -0.4 is 10.5 Å². The lowest BCUT2D eigenvalue weighted by Gasteiger charge is -2.08. The smallest absolute Gasteiger partial charge is 0.416 e. The summed E-state index contributed by atoms with van der Waals surface area (Å²) in [6.45, 7) is 2.01. The number of ether oxygens (including phenoxy) is 1. The van der Waals surface area contributed by atoms with Gasteiger partial charge in [0.05, 0.1) is 21.2 Å². The zero-order chi connectivity index (χ0) is 21.2. The largest absolute Gasteiger partial charge is 0.488 e. The Bertz CT molecular complexity index is 1050. The van der Waals surface area contributed by atoms with Crippen molar-refractivity contribution in [2.75, 3.05) is 0 Å². The van der Waals surface area contributed by atoms with E-state index in [0.717, 1.165) is 22.7 Å². The maximum absolute atomic E-state index is 12.7. The van der Waals surface area contributed by atoms with Crippen LogP contribution >= 0.6 is 22.9 Å². The number of nitrogens with zero attached hydrogens (tertiary/aromatic N) is 2. The molecule has 0 saturated heterocycles. The van der Waals surface area contributed by atoms with Crippen LogP contribution in [-0.4, -0.2) is 16.0 Å². The van der Waals surface area contributed by atoms with Crippen LogP contribution in [-0.2, 0) is 12.8 Å². The van der Waals surface area contributed by atoms with E-state index in [0.29, 0.717) is 21.9 Å². The van der Waals surface area contributed by atoms with E-state index in [1.807, 2.05) is 0 Å². The highest BCUT2D eigenvalue weighted by Gasteiger charge is 2.30. The Morgan fingerprint density at radius 1 is 1.24 bits per heavy atom. The van der Waals surface area contributed by atoms with Gasteiger partial charge in [-0.25, -0.2) is 4.98 Å². The first-order valence-electron chi connectivity index (χ1n) is 8.23. The van der Waals surface area contributed by atoms with E-state index in [1.54, 1.807) is 25.1 Å². The van der Waals surface area contributed by atoms with E-state index in [-0.39, 0.29) is 17.5 Å². The van der Waals surface area contributed by atoms with Crippen molar-refractivity contribution in [2.24, 2.45) is 10.9 Å². The molecule has 0 aliphatic heterocycles. The summed E-state index contributed by atoms with van der Waals surface area (Å²) in [7, 11) is 0. The number of hydrogen-bond donors (Lipinski definition) is 2. The Kier molecular flexibility index (Phi) is 5.99. The van der Waals surface area contributed by atoms with Gasteiger partial charge in [-0.05, 0) is 37.3 Å². The SMILES string of the molecule is Cc1nc(-c2ccc(C(F)(F)F)cc2)sc1COc1ccc(C(N)=NO)c(Cl)c1. The molecule has 3 aromatic rings. The maximum Gasteiger partial charge on any atom is 0.416 e. The average Bonchev–Trinajstić information content (AvgIpc) is 3.06. The molecule has 0 spiro atoms. The molecule has 0 unspecified atom stereocenters. The second-order valence-electron chi connectivity index (χ2n) is 6.02. The van der Waals surface area contributed by atoms with Crippen LogP contribution in [0.4, 0.5) is 13.2 Å². The van der Waals surface area contributed by atoms with Crippen LogP contribution in [0.25, 0.3) is 10.6 Å². The second-order valence-corrected chi connectivity index (χ2v) is 7.51. The lowest BCUT2D eigenvalue weighted by molar-refractivity contribution is -0.137. The van der Waals surface area contributed by atoms with Crippen molar-refractivity contribution in [3.63, 3.8) is 0 Å². The first-order valence-corrected chi connectivity index (χ1v) is 9.42. The summed E-state index contributed by atoms with van der Waals surface area (Å²) in [4.78, 5) is 5.25. The fraction of sp³-hybridized carbons (Fsp3) is 0.158. The lowest BCUT2D eigenvalue weighted by Crippen LogP contribution is -2.13. The van der Waals surface area contributed by atoms with Gasteiger partial charge in [-0.2, -0.15) is 13.2 Å². The molecule has 0 aliphatic rings. The van der Waals surface area contributed by atoms with Crippen molar-refractivity contribution in [3.05, 3.63) is 69.2 Å². The third kappa shape index (κ3) is 4.80. The van der Waals surface area contributed by atoms with Crippen molar-refractivity contribution in [1.29, 1.82) is 0 Å². The third-order valence-corrected chi connectivity index (χ3v) is 5.54. The normalized spacial score (nSPS) is 12.2. The molecule has 1 aromatic heterocycles. The van der Waals surface area contributed by atoms with Crippen LogP contribution in [0.5, 0.6) is 5.75 Å². The van der Waals surface area contributed by atoms with Crippen molar-refractivity contribution in [3.8, 4) is 16.3 Å². The van der Waals surface area contributed by atoms with Crippen molar-refractivity contribution in [1.82, 2.24) is 4.98 Å². The molecule has 5 nitrogen and oxygen atoms in total. The average molecular weight is 442 g/mol.